The largest absolute Gasteiger partial charge is 0.397 e. The minimum atomic E-state index is 0. The zero-order chi connectivity index (χ0) is 8.41. The monoisotopic (exact) mass is 183 g/mol. The van der Waals surface area contributed by atoms with E-state index in [1.165, 1.54) is 19.6 Å². The third-order valence-electron chi connectivity index (χ3n) is 1.34. The first kappa shape index (κ1) is 17.3. The van der Waals surface area contributed by atoms with E-state index in [9.17, 15) is 0 Å². The van der Waals surface area contributed by atoms with Gasteiger partial charge in [0.1, 0.15) is 0 Å². The van der Waals surface area contributed by atoms with Gasteiger partial charge in [-0.15, -0.1) is 12.4 Å². The Morgan fingerprint density at radius 2 is 1.09 bits per heavy atom. The maximum absolute atomic E-state index is 7.57. The van der Waals surface area contributed by atoms with E-state index in [0.29, 0.717) is 0 Å². The van der Waals surface area contributed by atoms with Crippen LogP contribution in [0.5, 0.6) is 0 Å². The lowest BCUT2D eigenvalue weighted by molar-refractivity contribution is 0.318. The number of aliphatic hydroxyl groups is 1. The van der Waals surface area contributed by atoms with Gasteiger partial charge in [0.25, 0.3) is 0 Å². The van der Waals surface area contributed by atoms with E-state index in [0.717, 1.165) is 0 Å². The fourth-order valence-electron chi connectivity index (χ4n) is 0.671. The van der Waals surface area contributed by atoms with Gasteiger partial charge in [-0.2, -0.15) is 0 Å². The highest BCUT2D eigenvalue weighted by Crippen LogP contribution is 1.81. The summed E-state index contributed by atoms with van der Waals surface area (Å²) in [6.45, 7) is 12.1. The Hall–Kier alpha value is 0.210. The van der Waals surface area contributed by atoms with E-state index in [1.54, 1.807) is 6.92 Å². The molecular weight excluding hydrogens is 162 g/mol. The Morgan fingerprint density at radius 3 is 1.09 bits per heavy atom. The minimum Gasteiger partial charge on any atom is -0.397 e. The van der Waals surface area contributed by atoms with Crippen molar-refractivity contribution < 1.29 is 5.11 Å². The summed E-state index contributed by atoms with van der Waals surface area (Å²) in [5, 5.41) is 7.57. The quantitative estimate of drug-likeness (QED) is 0.721. The van der Waals surface area contributed by atoms with E-state index >= 15 is 0 Å². The molecule has 0 aliphatic rings. The van der Waals surface area contributed by atoms with E-state index in [2.05, 4.69) is 25.7 Å². The predicted molar refractivity (Wildman–Crippen MR) is 53.5 cm³/mol. The highest BCUT2D eigenvalue weighted by Gasteiger charge is 1.89. The summed E-state index contributed by atoms with van der Waals surface area (Å²) in [4.78, 5) is 2.38. The third-order valence-corrected chi connectivity index (χ3v) is 1.34. The van der Waals surface area contributed by atoms with E-state index in [-0.39, 0.29) is 19.0 Å². The molecule has 0 radical (unpaired) electrons. The molecule has 0 atom stereocenters. The third kappa shape index (κ3) is 17.8. The van der Waals surface area contributed by atoms with Crippen LogP contribution >= 0.6 is 12.4 Å². The molecule has 1 N–H and O–H groups in total. The maximum Gasteiger partial charge on any atom is 0.0402 e. The number of rotatable bonds is 3. The first-order valence-electron chi connectivity index (χ1n) is 4.09. The molecule has 0 aromatic heterocycles. The van der Waals surface area contributed by atoms with Gasteiger partial charge >= 0.3 is 0 Å². The first-order valence-corrected chi connectivity index (χ1v) is 4.09. The lowest BCUT2D eigenvalue weighted by atomic mass is 10.5. The molecule has 0 heterocycles. The molecule has 0 aliphatic carbocycles. The summed E-state index contributed by atoms with van der Waals surface area (Å²) in [5.74, 6) is 0. The minimum absolute atomic E-state index is 0. The lowest BCUT2D eigenvalue weighted by Gasteiger charge is -2.13. The molecule has 0 aliphatic heterocycles. The molecule has 0 aromatic rings. The molecule has 0 bridgehead atoms. The van der Waals surface area contributed by atoms with Crippen LogP contribution in [0.15, 0.2) is 0 Å². The van der Waals surface area contributed by atoms with E-state index in [1.807, 2.05) is 0 Å². The predicted octanol–water partition coefficient (Wildman–Crippen LogP) is 1.77. The summed E-state index contributed by atoms with van der Waals surface area (Å²) in [6, 6.07) is 0. The van der Waals surface area contributed by atoms with Crippen molar-refractivity contribution in [3.05, 3.63) is 0 Å². The van der Waals surface area contributed by atoms with Crippen LogP contribution in [0.25, 0.3) is 0 Å². The molecule has 0 aromatic carbocycles. The summed E-state index contributed by atoms with van der Waals surface area (Å²) < 4.78 is 0. The molecule has 11 heavy (non-hydrogen) atoms. The molecule has 0 spiro atoms. The van der Waals surface area contributed by atoms with Crippen molar-refractivity contribution >= 4 is 12.4 Å². The van der Waals surface area contributed by atoms with Gasteiger partial charge in [-0.25, -0.2) is 0 Å². The molecule has 0 saturated carbocycles. The van der Waals surface area contributed by atoms with Gasteiger partial charge in [-0.3, -0.25) is 0 Å². The van der Waals surface area contributed by atoms with Gasteiger partial charge in [0.2, 0.25) is 0 Å². The van der Waals surface area contributed by atoms with Gasteiger partial charge in [0, 0.05) is 6.61 Å². The van der Waals surface area contributed by atoms with Crippen LogP contribution in [0, 0.1) is 0 Å². The second-order valence-electron chi connectivity index (χ2n) is 1.94. The van der Waals surface area contributed by atoms with E-state index in [4.69, 9.17) is 5.11 Å². The molecule has 0 amide bonds. The zero-order valence-electron chi connectivity index (χ0n) is 8.13. The smallest absolute Gasteiger partial charge is 0.0402 e. The Bertz CT molecular complexity index is 43.8. The van der Waals surface area contributed by atoms with Crippen LogP contribution in [0.2, 0.25) is 0 Å². The average Bonchev–Trinajstić information content (AvgIpc) is 1.93. The van der Waals surface area contributed by atoms with Crippen LogP contribution in [0.1, 0.15) is 27.7 Å². The zero-order valence-corrected chi connectivity index (χ0v) is 8.95. The van der Waals surface area contributed by atoms with Gasteiger partial charge in [0.15, 0.2) is 0 Å². The Labute approximate surface area is 77.0 Å². The fraction of sp³-hybridized carbons (Fsp3) is 1.00. The van der Waals surface area contributed by atoms with E-state index < -0.39 is 0 Å². The van der Waals surface area contributed by atoms with Crippen molar-refractivity contribution in [2.75, 3.05) is 26.2 Å². The van der Waals surface area contributed by atoms with Gasteiger partial charge < -0.3 is 10.0 Å². The molecule has 0 fully saturated rings. The van der Waals surface area contributed by atoms with Gasteiger partial charge in [-0.05, 0) is 26.6 Å². The second kappa shape index (κ2) is 16.7. The van der Waals surface area contributed by atoms with Crippen LogP contribution in [0.4, 0.5) is 0 Å². The molecule has 0 unspecified atom stereocenters. The van der Waals surface area contributed by atoms with Crippen LogP contribution in [0.3, 0.4) is 0 Å². The summed E-state index contributed by atoms with van der Waals surface area (Å²) in [7, 11) is 0. The second-order valence-corrected chi connectivity index (χ2v) is 1.94. The Kier molecular flexibility index (Phi) is 26.3. The Balaban J connectivity index is -0.000000140. The standard InChI is InChI=1S/C6H15N.C2H6O.ClH/c1-4-7(5-2)6-3;1-2-3;/h4-6H2,1-3H3;3H,2H2,1H3;1H. The first-order chi connectivity index (χ1) is 4.76. The number of aliphatic hydroxyl groups excluding tert-OH is 1. The van der Waals surface area contributed by atoms with Crippen LogP contribution < -0.4 is 0 Å². The summed E-state index contributed by atoms with van der Waals surface area (Å²) in [5.41, 5.74) is 0. The summed E-state index contributed by atoms with van der Waals surface area (Å²) in [6.07, 6.45) is 0. The van der Waals surface area contributed by atoms with Crippen LogP contribution in [-0.2, 0) is 0 Å². The van der Waals surface area contributed by atoms with Crippen molar-refractivity contribution in [2.45, 2.75) is 27.7 Å². The highest BCUT2D eigenvalue weighted by molar-refractivity contribution is 5.85. The normalized spacial score (nSPS) is 8.18. The van der Waals surface area contributed by atoms with Crippen molar-refractivity contribution in [3.8, 4) is 0 Å². The van der Waals surface area contributed by atoms with Crippen molar-refractivity contribution in [2.24, 2.45) is 0 Å². The maximum atomic E-state index is 7.57. The Morgan fingerprint density at radius 1 is 0.909 bits per heavy atom. The lowest BCUT2D eigenvalue weighted by Crippen LogP contribution is -2.21. The molecule has 72 valence electrons. The fourth-order valence-corrected chi connectivity index (χ4v) is 0.671. The number of nitrogens with zero attached hydrogens (tertiary/aromatic N) is 1. The number of halogens is 1. The molecule has 0 rings (SSSR count). The molecule has 2 nitrogen and oxygen atoms in total. The van der Waals surface area contributed by atoms with Crippen molar-refractivity contribution in [1.29, 1.82) is 0 Å². The molecule has 0 saturated heterocycles. The van der Waals surface area contributed by atoms with Crippen molar-refractivity contribution in [1.82, 2.24) is 4.90 Å². The average molecular weight is 184 g/mol. The number of hydrogen-bond donors (Lipinski definition) is 1. The van der Waals surface area contributed by atoms with Crippen LogP contribution in [-0.4, -0.2) is 36.2 Å². The van der Waals surface area contributed by atoms with Gasteiger partial charge in [0.05, 0.1) is 0 Å². The number of hydrogen-bond acceptors (Lipinski definition) is 2. The topological polar surface area (TPSA) is 23.5 Å². The molecular formula is C8H22ClNO. The highest BCUT2D eigenvalue weighted by atomic mass is 35.5. The van der Waals surface area contributed by atoms with Crippen molar-refractivity contribution in [3.63, 3.8) is 0 Å². The molecule has 3 heteroatoms. The van der Waals surface area contributed by atoms with Gasteiger partial charge in [-0.1, -0.05) is 20.8 Å². The SMILES string of the molecule is CCN(CC)CC.CCO.Cl. The summed E-state index contributed by atoms with van der Waals surface area (Å²) >= 11 is 0.